The molecule has 1 aliphatic heterocycles. The van der Waals surface area contributed by atoms with Crippen LogP contribution in [0.15, 0.2) is 18.2 Å². The molecule has 112 valence electrons. The summed E-state index contributed by atoms with van der Waals surface area (Å²) in [5.74, 6) is -2.86. The first kappa shape index (κ1) is 15.0. The van der Waals surface area contributed by atoms with Crippen LogP contribution in [-0.4, -0.2) is 40.4 Å². The zero-order valence-corrected chi connectivity index (χ0v) is 11.4. The van der Waals surface area contributed by atoms with E-state index >= 15 is 0 Å². The monoisotopic (exact) mass is 294 g/mol. The van der Waals surface area contributed by atoms with Gasteiger partial charge in [-0.25, -0.2) is 9.18 Å². The van der Waals surface area contributed by atoms with Gasteiger partial charge in [0.15, 0.2) is 0 Å². The highest BCUT2D eigenvalue weighted by Crippen LogP contribution is 2.23. The number of nitrogens with zero attached hydrogens (tertiary/aromatic N) is 1. The predicted octanol–water partition coefficient (Wildman–Crippen LogP) is 1.47. The minimum Gasteiger partial charge on any atom is -0.480 e. The number of halogens is 1. The summed E-state index contributed by atoms with van der Waals surface area (Å²) in [4.78, 5) is 35.6. The number of benzene rings is 1. The average molecular weight is 294 g/mol. The third-order valence-electron chi connectivity index (χ3n) is 3.32. The van der Waals surface area contributed by atoms with Crippen molar-refractivity contribution in [2.24, 2.45) is 0 Å². The third kappa shape index (κ3) is 3.18. The number of likely N-dealkylation sites (tertiary alicyclic amines) is 1. The quantitative estimate of drug-likeness (QED) is 0.884. The molecule has 1 fully saturated rings. The van der Waals surface area contributed by atoms with E-state index in [9.17, 15) is 18.8 Å². The lowest BCUT2D eigenvalue weighted by Crippen LogP contribution is -2.40. The van der Waals surface area contributed by atoms with Gasteiger partial charge in [0.1, 0.15) is 11.9 Å². The molecular formula is C14H15FN2O4. The number of carboxylic acids is 1. The fourth-order valence-corrected chi connectivity index (χ4v) is 2.39. The molecule has 1 aromatic carbocycles. The Labute approximate surface area is 120 Å². The lowest BCUT2D eigenvalue weighted by atomic mass is 10.1. The SMILES string of the molecule is CC(=O)Nc1ccc(F)c(C(=O)N2CCC[C@H]2C(=O)O)c1. The molecule has 21 heavy (non-hydrogen) atoms. The maximum absolute atomic E-state index is 13.8. The molecular weight excluding hydrogens is 279 g/mol. The van der Waals surface area contributed by atoms with E-state index in [0.29, 0.717) is 18.5 Å². The first-order valence-electron chi connectivity index (χ1n) is 6.51. The number of carboxylic acid groups (broad SMARTS) is 1. The molecule has 1 atom stereocenters. The summed E-state index contributed by atoms with van der Waals surface area (Å²) in [5, 5.41) is 11.5. The van der Waals surface area contributed by atoms with Crippen LogP contribution in [0.1, 0.15) is 30.1 Å². The molecule has 2 amide bonds. The smallest absolute Gasteiger partial charge is 0.326 e. The van der Waals surface area contributed by atoms with E-state index in [1.807, 2.05) is 0 Å². The second-order valence-electron chi connectivity index (χ2n) is 4.87. The lowest BCUT2D eigenvalue weighted by Gasteiger charge is -2.22. The molecule has 7 heteroatoms. The Kier molecular flexibility index (Phi) is 4.21. The molecule has 0 unspecified atom stereocenters. The van der Waals surface area contributed by atoms with E-state index in [0.717, 1.165) is 11.0 Å². The van der Waals surface area contributed by atoms with Crippen molar-refractivity contribution in [2.75, 3.05) is 11.9 Å². The molecule has 0 saturated carbocycles. The molecule has 1 aromatic rings. The average Bonchev–Trinajstić information content (AvgIpc) is 2.89. The van der Waals surface area contributed by atoms with Crippen molar-refractivity contribution in [3.05, 3.63) is 29.6 Å². The molecule has 0 radical (unpaired) electrons. The first-order chi connectivity index (χ1) is 9.90. The Balaban J connectivity index is 2.29. The Morgan fingerprint density at radius 1 is 1.38 bits per heavy atom. The highest BCUT2D eigenvalue weighted by molar-refractivity contribution is 5.99. The van der Waals surface area contributed by atoms with Crippen LogP contribution in [0, 0.1) is 5.82 Å². The van der Waals surface area contributed by atoms with Crippen molar-refractivity contribution >= 4 is 23.5 Å². The van der Waals surface area contributed by atoms with E-state index in [4.69, 9.17) is 5.11 Å². The standard InChI is InChI=1S/C14H15FN2O4/c1-8(18)16-9-4-5-11(15)10(7-9)13(19)17-6-2-3-12(17)14(20)21/h4-5,7,12H,2-3,6H2,1H3,(H,16,18)(H,20,21)/t12-/m0/s1. The molecule has 0 spiro atoms. The van der Waals surface area contributed by atoms with Gasteiger partial charge in [0.2, 0.25) is 5.91 Å². The number of hydrogen-bond donors (Lipinski definition) is 2. The number of aliphatic carboxylic acids is 1. The summed E-state index contributed by atoms with van der Waals surface area (Å²) in [5.41, 5.74) is 0.0488. The van der Waals surface area contributed by atoms with Crippen molar-refractivity contribution in [2.45, 2.75) is 25.8 Å². The Morgan fingerprint density at radius 2 is 2.10 bits per heavy atom. The highest BCUT2D eigenvalue weighted by Gasteiger charge is 2.35. The van der Waals surface area contributed by atoms with E-state index in [-0.39, 0.29) is 18.0 Å². The number of anilines is 1. The lowest BCUT2D eigenvalue weighted by molar-refractivity contribution is -0.141. The van der Waals surface area contributed by atoms with Crippen molar-refractivity contribution in [1.82, 2.24) is 4.90 Å². The minimum atomic E-state index is -1.10. The fraction of sp³-hybridized carbons (Fsp3) is 0.357. The van der Waals surface area contributed by atoms with Crippen molar-refractivity contribution in [1.29, 1.82) is 0 Å². The predicted molar refractivity (Wildman–Crippen MR) is 72.4 cm³/mol. The topological polar surface area (TPSA) is 86.7 Å². The fourth-order valence-electron chi connectivity index (χ4n) is 2.39. The molecule has 0 bridgehead atoms. The van der Waals surface area contributed by atoms with Crippen LogP contribution in [0.3, 0.4) is 0 Å². The normalized spacial score (nSPS) is 17.6. The van der Waals surface area contributed by atoms with Gasteiger partial charge < -0.3 is 15.3 Å². The van der Waals surface area contributed by atoms with E-state index in [1.54, 1.807) is 0 Å². The van der Waals surface area contributed by atoms with Crippen LogP contribution in [-0.2, 0) is 9.59 Å². The maximum atomic E-state index is 13.8. The number of carbonyl (C=O) groups excluding carboxylic acids is 2. The van der Waals surface area contributed by atoms with Gasteiger partial charge in [0, 0.05) is 19.2 Å². The Hall–Kier alpha value is -2.44. The second-order valence-corrected chi connectivity index (χ2v) is 4.87. The highest BCUT2D eigenvalue weighted by atomic mass is 19.1. The summed E-state index contributed by atoms with van der Waals surface area (Å²) in [6, 6.07) is 2.70. The number of carbonyl (C=O) groups is 3. The molecule has 0 aliphatic carbocycles. The second kappa shape index (κ2) is 5.90. The summed E-state index contributed by atoms with van der Waals surface area (Å²) in [6.07, 6.45) is 0.920. The van der Waals surface area contributed by atoms with Crippen LogP contribution >= 0.6 is 0 Å². The van der Waals surface area contributed by atoms with Gasteiger partial charge in [-0.3, -0.25) is 9.59 Å². The van der Waals surface area contributed by atoms with Gasteiger partial charge in [0.05, 0.1) is 5.56 Å². The molecule has 6 nitrogen and oxygen atoms in total. The minimum absolute atomic E-state index is 0.241. The molecule has 0 aromatic heterocycles. The number of hydrogen-bond acceptors (Lipinski definition) is 3. The van der Waals surface area contributed by atoms with Crippen molar-refractivity contribution < 1.29 is 23.9 Å². The van der Waals surface area contributed by atoms with Crippen LogP contribution in [0.4, 0.5) is 10.1 Å². The van der Waals surface area contributed by atoms with Crippen LogP contribution in [0.2, 0.25) is 0 Å². The molecule has 2 N–H and O–H groups in total. The van der Waals surface area contributed by atoms with Gasteiger partial charge in [-0.1, -0.05) is 0 Å². The van der Waals surface area contributed by atoms with Crippen LogP contribution in [0.5, 0.6) is 0 Å². The van der Waals surface area contributed by atoms with Crippen molar-refractivity contribution in [3.8, 4) is 0 Å². The number of nitrogens with one attached hydrogen (secondary N) is 1. The van der Waals surface area contributed by atoms with Gasteiger partial charge in [-0.05, 0) is 31.0 Å². The molecule has 1 aliphatic rings. The molecule has 1 heterocycles. The first-order valence-corrected chi connectivity index (χ1v) is 6.51. The summed E-state index contributed by atoms with van der Waals surface area (Å²) in [7, 11) is 0. The Bertz CT molecular complexity index is 603. The summed E-state index contributed by atoms with van der Waals surface area (Å²) < 4.78 is 13.8. The summed E-state index contributed by atoms with van der Waals surface area (Å²) in [6.45, 7) is 1.57. The van der Waals surface area contributed by atoms with Gasteiger partial charge in [-0.15, -0.1) is 0 Å². The number of rotatable bonds is 3. The zero-order valence-electron chi connectivity index (χ0n) is 11.4. The van der Waals surface area contributed by atoms with E-state index < -0.39 is 23.7 Å². The van der Waals surface area contributed by atoms with Crippen LogP contribution < -0.4 is 5.32 Å². The molecule has 1 saturated heterocycles. The zero-order chi connectivity index (χ0) is 15.6. The van der Waals surface area contributed by atoms with Crippen LogP contribution in [0.25, 0.3) is 0 Å². The largest absolute Gasteiger partial charge is 0.480 e. The maximum Gasteiger partial charge on any atom is 0.326 e. The van der Waals surface area contributed by atoms with Gasteiger partial charge in [-0.2, -0.15) is 0 Å². The summed E-state index contributed by atoms with van der Waals surface area (Å²) >= 11 is 0. The van der Waals surface area contributed by atoms with Gasteiger partial charge in [0.25, 0.3) is 5.91 Å². The van der Waals surface area contributed by atoms with E-state index in [1.165, 1.54) is 19.1 Å². The third-order valence-corrected chi connectivity index (χ3v) is 3.32. The van der Waals surface area contributed by atoms with E-state index in [2.05, 4.69) is 5.32 Å². The van der Waals surface area contributed by atoms with Crippen molar-refractivity contribution in [3.63, 3.8) is 0 Å². The number of amides is 2. The molecule has 2 rings (SSSR count). The van der Waals surface area contributed by atoms with Gasteiger partial charge >= 0.3 is 5.97 Å². The Morgan fingerprint density at radius 3 is 2.71 bits per heavy atom.